The van der Waals surface area contributed by atoms with Crippen molar-refractivity contribution in [2.45, 2.75) is 30.8 Å². The van der Waals surface area contributed by atoms with Crippen molar-refractivity contribution in [3.05, 3.63) is 22.7 Å². The number of rotatable bonds is 3. The van der Waals surface area contributed by atoms with Gasteiger partial charge in [-0.25, -0.2) is 8.42 Å². The number of ether oxygens (including phenoxy) is 1. The summed E-state index contributed by atoms with van der Waals surface area (Å²) in [7, 11) is -1.93. The van der Waals surface area contributed by atoms with E-state index in [0.29, 0.717) is 23.3 Å². The van der Waals surface area contributed by atoms with E-state index in [1.54, 1.807) is 29.6 Å². The van der Waals surface area contributed by atoms with Crippen LogP contribution >= 0.6 is 28.3 Å². The minimum atomic E-state index is -3.48. The van der Waals surface area contributed by atoms with Gasteiger partial charge < -0.3 is 10.1 Å². The second kappa shape index (κ2) is 7.28. The molecule has 0 saturated carbocycles. The second-order valence-corrected chi connectivity index (χ2v) is 7.64. The summed E-state index contributed by atoms with van der Waals surface area (Å²) >= 11 is 3.33. The van der Waals surface area contributed by atoms with E-state index in [9.17, 15) is 8.42 Å². The van der Waals surface area contributed by atoms with Crippen LogP contribution in [0.1, 0.15) is 13.8 Å². The maximum atomic E-state index is 12.7. The number of hydrogen-bond donors (Lipinski definition) is 1. The number of nitrogens with one attached hydrogen (secondary N) is 1. The van der Waals surface area contributed by atoms with E-state index in [-0.39, 0.29) is 29.4 Å². The molecule has 0 amide bonds. The van der Waals surface area contributed by atoms with Crippen LogP contribution in [0.25, 0.3) is 0 Å². The monoisotopic (exact) mass is 398 g/mol. The van der Waals surface area contributed by atoms with Crippen LogP contribution in [0.15, 0.2) is 27.6 Å². The van der Waals surface area contributed by atoms with Gasteiger partial charge in [-0.15, -0.1) is 12.4 Å². The van der Waals surface area contributed by atoms with Crippen LogP contribution < -0.4 is 10.1 Å². The van der Waals surface area contributed by atoms with E-state index >= 15 is 0 Å². The van der Waals surface area contributed by atoms with Gasteiger partial charge in [-0.2, -0.15) is 4.31 Å². The van der Waals surface area contributed by atoms with Crippen LogP contribution in [0.3, 0.4) is 0 Å². The Morgan fingerprint density at radius 1 is 1.38 bits per heavy atom. The summed E-state index contributed by atoms with van der Waals surface area (Å²) in [5.74, 6) is 0.616. The van der Waals surface area contributed by atoms with Gasteiger partial charge in [0, 0.05) is 25.2 Å². The Morgan fingerprint density at radius 2 is 2.05 bits per heavy atom. The number of sulfonamides is 1. The summed E-state index contributed by atoms with van der Waals surface area (Å²) in [5, 5.41) is 3.28. The van der Waals surface area contributed by atoms with Crippen molar-refractivity contribution in [2.75, 3.05) is 20.2 Å². The van der Waals surface area contributed by atoms with Gasteiger partial charge in [-0.3, -0.25) is 0 Å². The molecule has 0 spiro atoms. The van der Waals surface area contributed by atoms with E-state index in [0.717, 1.165) is 0 Å². The van der Waals surface area contributed by atoms with Crippen molar-refractivity contribution in [1.82, 2.24) is 9.62 Å². The Bertz CT molecular complexity index is 597. The van der Waals surface area contributed by atoms with Crippen LogP contribution in [0.2, 0.25) is 0 Å². The SMILES string of the molecule is COc1ccc(S(=O)(=O)N2CCNC(C)C2C)cc1Br.Cl. The maximum absolute atomic E-state index is 12.7. The zero-order valence-corrected chi connectivity index (χ0v) is 15.4. The van der Waals surface area contributed by atoms with Gasteiger partial charge in [-0.05, 0) is 48.0 Å². The van der Waals surface area contributed by atoms with Gasteiger partial charge in [0.1, 0.15) is 5.75 Å². The van der Waals surface area contributed by atoms with Crippen LogP contribution in [-0.4, -0.2) is 45.0 Å². The Balaban J connectivity index is 0.00000220. The summed E-state index contributed by atoms with van der Waals surface area (Å²) in [4.78, 5) is 0.283. The number of hydrogen-bond acceptors (Lipinski definition) is 4. The van der Waals surface area contributed by atoms with Crippen LogP contribution in [0.4, 0.5) is 0 Å². The zero-order chi connectivity index (χ0) is 14.9. The lowest BCUT2D eigenvalue weighted by atomic mass is 10.1. The number of piperazine rings is 1. The summed E-state index contributed by atoms with van der Waals surface area (Å²) in [6, 6.07) is 4.90. The minimum absolute atomic E-state index is 0. The molecule has 2 rings (SSSR count). The Morgan fingerprint density at radius 3 is 2.62 bits per heavy atom. The van der Waals surface area contributed by atoms with E-state index in [4.69, 9.17) is 4.74 Å². The molecule has 5 nitrogen and oxygen atoms in total. The van der Waals surface area contributed by atoms with Crippen molar-refractivity contribution in [3.8, 4) is 5.75 Å². The average molecular weight is 400 g/mol. The first-order valence-electron chi connectivity index (χ1n) is 6.46. The fourth-order valence-corrected chi connectivity index (χ4v) is 4.73. The van der Waals surface area contributed by atoms with Crippen molar-refractivity contribution >= 4 is 38.4 Å². The largest absolute Gasteiger partial charge is 0.496 e. The molecule has 1 N–H and O–H groups in total. The van der Waals surface area contributed by atoms with Crippen LogP contribution in [0, 0.1) is 0 Å². The average Bonchev–Trinajstić information content (AvgIpc) is 2.41. The van der Waals surface area contributed by atoms with E-state index in [2.05, 4.69) is 21.2 Å². The lowest BCUT2D eigenvalue weighted by Crippen LogP contribution is -2.57. The van der Waals surface area contributed by atoms with Crippen molar-refractivity contribution in [1.29, 1.82) is 0 Å². The molecule has 1 saturated heterocycles. The number of methoxy groups -OCH3 is 1. The highest BCUT2D eigenvalue weighted by Gasteiger charge is 2.34. The summed E-state index contributed by atoms with van der Waals surface area (Å²) in [6.07, 6.45) is 0. The quantitative estimate of drug-likeness (QED) is 0.847. The lowest BCUT2D eigenvalue weighted by Gasteiger charge is -2.37. The van der Waals surface area contributed by atoms with E-state index in [1.807, 2.05) is 13.8 Å². The molecule has 1 aromatic carbocycles. The fraction of sp³-hybridized carbons (Fsp3) is 0.538. The molecule has 1 aromatic rings. The third-order valence-corrected chi connectivity index (χ3v) is 6.31. The molecule has 1 heterocycles. The van der Waals surface area contributed by atoms with Crippen molar-refractivity contribution < 1.29 is 13.2 Å². The number of nitrogens with zero attached hydrogens (tertiary/aromatic N) is 1. The molecule has 2 atom stereocenters. The molecular formula is C13H20BrClN2O3S. The first-order chi connectivity index (χ1) is 9.37. The standard InChI is InChI=1S/C13H19BrN2O3S.ClH/c1-9-10(2)16(7-6-15-9)20(17,18)11-4-5-13(19-3)12(14)8-11;/h4-5,8-10,15H,6-7H2,1-3H3;1H. The Hall–Kier alpha value is -0.340. The molecule has 0 aromatic heterocycles. The first kappa shape index (κ1) is 18.7. The highest BCUT2D eigenvalue weighted by atomic mass is 79.9. The van der Waals surface area contributed by atoms with Gasteiger partial charge in [0.15, 0.2) is 0 Å². The summed E-state index contributed by atoms with van der Waals surface area (Å²) in [6.45, 7) is 5.07. The van der Waals surface area contributed by atoms with E-state index < -0.39 is 10.0 Å². The topological polar surface area (TPSA) is 58.6 Å². The molecule has 21 heavy (non-hydrogen) atoms. The second-order valence-electron chi connectivity index (χ2n) is 4.90. The van der Waals surface area contributed by atoms with Crippen molar-refractivity contribution in [2.24, 2.45) is 0 Å². The molecule has 8 heteroatoms. The number of benzene rings is 1. The van der Waals surface area contributed by atoms with Gasteiger partial charge in [0.05, 0.1) is 16.5 Å². The predicted octanol–water partition coefficient (Wildman–Crippen LogP) is 2.25. The first-order valence-corrected chi connectivity index (χ1v) is 8.70. The normalized spacial score (nSPS) is 23.4. The third kappa shape index (κ3) is 3.71. The molecule has 1 aliphatic rings. The minimum Gasteiger partial charge on any atom is -0.496 e. The predicted molar refractivity (Wildman–Crippen MR) is 88.8 cm³/mol. The van der Waals surface area contributed by atoms with Crippen LogP contribution in [0.5, 0.6) is 5.75 Å². The Labute approximate surface area is 140 Å². The van der Waals surface area contributed by atoms with Gasteiger partial charge in [0.2, 0.25) is 10.0 Å². The molecule has 2 unspecified atom stereocenters. The van der Waals surface area contributed by atoms with Gasteiger partial charge in [-0.1, -0.05) is 0 Å². The molecule has 0 bridgehead atoms. The fourth-order valence-electron chi connectivity index (χ4n) is 2.31. The highest BCUT2D eigenvalue weighted by molar-refractivity contribution is 9.10. The molecule has 0 radical (unpaired) electrons. The summed E-state index contributed by atoms with van der Waals surface area (Å²) < 4.78 is 32.8. The smallest absolute Gasteiger partial charge is 0.243 e. The third-order valence-electron chi connectivity index (χ3n) is 3.71. The van der Waals surface area contributed by atoms with Crippen LogP contribution in [-0.2, 0) is 10.0 Å². The Kier molecular flexibility index (Phi) is 6.49. The lowest BCUT2D eigenvalue weighted by molar-refractivity contribution is 0.233. The molecule has 1 fully saturated rings. The van der Waals surface area contributed by atoms with E-state index in [1.165, 1.54) is 0 Å². The zero-order valence-electron chi connectivity index (χ0n) is 12.2. The molecule has 0 aliphatic carbocycles. The summed E-state index contributed by atoms with van der Waals surface area (Å²) in [5.41, 5.74) is 0. The number of halogens is 2. The molecular weight excluding hydrogens is 380 g/mol. The van der Waals surface area contributed by atoms with Gasteiger partial charge in [0.25, 0.3) is 0 Å². The maximum Gasteiger partial charge on any atom is 0.243 e. The molecule has 120 valence electrons. The molecule has 1 aliphatic heterocycles. The van der Waals surface area contributed by atoms with Crippen molar-refractivity contribution in [3.63, 3.8) is 0 Å². The van der Waals surface area contributed by atoms with Gasteiger partial charge >= 0.3 is 0 Å². The highest BCUT2D eigenvalue weighted by Crippen LogP contribution is 2.30.